The summed E-state index contributed by atoms with van der Waals surface area (Å²) in [6.45, 7) is 2.17. The normalized spacial score (nSPS) is 15.9. The smallest absolute Gasteiger partial charge is 0.138 e. The van der Waals surface area contributed by atoms with Crippen LogP contribution in [0.1, 0.15) is 25.6 Å². The SMILES string of the molecule is CCC1=Cn2ncnc2CC1. The molecule has 2 heterocycles. The van der Waals surface area contributed by atoms with E-state index in [4.69, 9.17) is 0 Å². The van der Waals surface area contributed by atoms with Crippen LogP contribution in [0.5, 0.6) is 0 Å². The van der Waals surface area contributed by atoms with Gasteiger partial charge in [0.25, 0.3) is 0 Å². The molecule has 3 nitrogen and oxygen atoms in total. The lowest BCUT2D eigenvalue weighted by Crippen LogP contribution is -2.06. The summed E-state index contributed by atoms with van der Waals surface area (Å²) >= 11 is 0. The maximum Gasteiger partial charge on any atom is 0.138 e. The summed E-state index contributed by atoms with van der Waals surface area (Å²) < 4.78 is 1.88. The van der Waals surface area contributed by atoms with E-state index in [1.54, 1.807) is 6.33 Å². The summed E-state index contributed by atoms with van der Waals surface area (Å²) in [6.07, 6.45) is 7.02. The fourth-order valence-corrected chi connectivity index (χ4v) is 1.34. The van der Waals surface area contributed by atoms with Crippen LogP contribution < -0.4 is 0 Å². The largest absolute Gasteiger partial charge is 0.225 e. The minimum absolute atomic E-state index is 1.04. The van der Waals surface area contributed by atoms with Crippen molar-refractivity contribution in [3.8, 4) is 0 Å². The van der Waals surface area contributed by atoms with Crippen molar-refractivity contribution < 1.29 is 0 Å². The monoisotopic (exact) mass is 149 g/mol. The van der Waals surface area contributed by atoms with Gasteiger partial charge in [-0.3, -0.25) is 0 Å². The van der Waals surface area contributed by atoms with Gasteiger partial charge in [-0.2, -0.15) is 5.10 Å². The first-order chi connectivity index (χ1) is 5.40. The Bertz CT molecular complexity index is 285. The third kappa shape index (κ3) is 1.06. The molecule has 0 spiro atoms. The summed E-state index contributed by atoms with van der Waals surface area (Å²) in [7, 11) is 0. The Labute approximate surface area is 65.8 Å². The topological polar surface area (TPSA) is 30.7 Å². The van der Waals surface area contributed by atoms with Crippen molar-refractivity contribution in [2.75, 3.05) is 0 Å². The summed E-state index contributed by atoms with van der Waals surface area (Å²) in [5.41, 5.74) is 1.46. The van der Waals surface area contributed by atoms with E-state index in [0.29, 0.717) is 0 Å². The highest BCUT2D eigenvalue weighted by Crippen LogP contribution is 2.17. The van der Waals surface area contributed by atoms with Gasteiger partial charge in [-0.1, -0.05) is 12.5 Å². The molecule has 0 atom stereocenters. The molecule has 0 aromatic carbocycles. The van der Waals surface area contributed by atoms with Crippen LogP contribution in [0.25, 0.3) is 6.20 Å². The van der Waals surface area contributed by atoms with Gasteiger partial charge in [0.2, 0.25) is 0 Å². The Hall–Kier alpha value is -1.12. The first kappa shape index (κ1) is 6.58. The van der Waals surface area contributed by atoms with Crippen LogP contribution >= 0.6 is 0 Å². The lowest BCUT2D eigenvalue weighted by molar-refractivity contribution is 0.739. The molecule has 0 bridgehead atoms. The van der Waals surface area contributed by atoms with E-state index in [-0.39, 0.29) is 0 Å². The molecule has 11 heavy (non-hydrogen) atoms. The number of fused-ring (bicyclic) bond motifs is 1. The van der Waals surface area contributed by atoms with Crippen molar-refractivity contribution in [2.24, 2.45) is 0 Å². The molecule has 58 valence electrons. The Balaban J connectivity index is 2.37. The summed E-state index contributed by atoms with van der Waals surface area (Å²) in [4.78, 5) is 4.13. The van der Waals surface area contributed by atoms with Gasteiger partial charge in [-0.15, -0.1) is 0 Å². The molecule has 0 N–H and O–H groups in total. The minimum Gasteiger partial charge on any atom is -0.225 e. The van der Waals surface area contributed by atoms with Gasteiger partial charge in [0.1, 0.15) is 12.2 Å². The molecule has 0 unspecified atom stereocenters. The number of hydrogen-bond acceptors (Lipinski definition) is 2. The van der Waals surface area contributed by atoms with Crippen molar-refractivity contribution >= 4 is 6.20 Å². The van der Waals surface area contributed by atoms with Crippen molar-refractivity contribution in [1.82, 2.24) is 14.8 Å². The molecule has 0 aliphatic carbocycles. The van der Waals surface area contributed by atoms with Gasteiger partial charge in [-0.05, 0) is 12.8 Å². The molecular formula is C8H11N3. The summed E-state index contributed by atoms with van der Waals surface area (Å²) in [6, 6.07) is 0. The van der Waals surface area contributed by atoms with E-state index >= 15 is 0 Å². The first-order valence-electron chi connectivity index (χ1n) is 3.98. The third-order valence-electron chi connectivity index (χ3n) is 2.08. The zero-order chi connectivity index (χ0) is 7.68. The second kappa shape index (κ2) is 2.49. The Morgan fingerprint density at radius 1 is 1.55 bits per heavy atom. The quantitative estimate of drug-likeness (QED) is 0.605. The van der Waals surface area contributed by atoms with Crippen LogP contribution in [0.4, 0.5) is 0 Å². The molecular weight excluding hydrogens is 138 g/mol. The molecule has 0 amide bonds. The number of hydrogen-bond donors (Lipinski definition) is 0. The fraction of sp³-hybridized carbons (Fsp3) is 0.500. The van der Waals surface area contributed by atoms with Crippen LogP contribution in [0.2, 0.25) is 0 Å². The zero-order valence-electron chi connectivity index (χ0n) is 6.62. The van der Waals surface area contributed by atoms with Gasteiger partial charge in [0.05, 0.1) is 0 Å². The van der Waals surface area contributed by atoms with E-state index in [1.165, 1.54) is 5.57 Å². The Morgan fingerprint density at radius 2 is 2.45 bits per heavy atom. The molecule has 0 radical (unpaired) electrons. The Kier molecular flexibility index (Phi) is 1.49. The first-order valence-corrected chi connectivity index (χ1v) is 3.98. The highest BCUT2D eigenvalue weighted by Gasteiger charge is 2.09. The molecule has 1 aliphatic rings. The second-order valence-corrected chi connectivity index (χ2v) is 2.76. The maximum absolute atomic E-state index is 4.13. The van der Waals surface area contributed by atoms with Crippen LogP contribution in [0, 0.1) is 0 Å². The van der Waals surface area contributed by atoms with Crippen LogP contribution in [-0.2, 0) is 6.42 Å². The van der Waals surface area contributed by atoms with E-state index in [9.17, 15) is 0 Å². The summed E-state index contributed by atoms with van der Waals surface area (Å²) in [5, 5.41) is 4.08. The van der Waals surface area contributed by atoms with Crippen molar-refractivity contribution in [3.05, 3.63) is 17.7 Å². The minimum atomic E-state index is 1.04. The van der Waals surface area contributed by atoms with E-state index in [1.807, 2.05) is 4.68 Å². The molecule has 3 heteroatoms. The summed E-state index contributed by atoms with van der Waals surface area (Å²) in [5.74, 6) is 1.09. The lowest BCUT2D eigenvalue weighted by Gasteiger charge is -2.10. The Morgan fingerprint density at radius 3 is 3.27 bits per heavy atom. The van der Waals surface area contributed by atoms with E-state index in [2.05, 4.69) is 23.2 Å². The van der Waals surface area contributed by atoms with Gasteiger partial charge >= 0.3 is 0 Å². The zero-order valence-corrected chi connectivity index (χ0v) is 6.62. The molecule has 1 aliphatic heterocycles. The maximum atomic E-state index is 4.13. The fourth-order valence-electron chi connectivity index (χ4n) is 1.34. The van der Waals surface area contributed by atoms with Crippen molar-refractivity contribution in [2.45, 2.75) is 26.2 Å². The standard InChI is InChI=1S/C8H11N3/c1-2-7-3-4-8-9-6-10-11(8)5-7/h5-6H,2-4H2,1H3. The molecule has 0 saturated carbocycles. The van der Waals surface area contributed by atoms with Crippen molar-refractivity contribution in [1.29, 1.82) is 0 Å². The van der Waals surface area contributed by atoms with Crippen LogP contribution in [-0.4, -0.2) is 14.8 Å². The van der Waals surface area contributed by atoms with Gasteiger partial charge in [0, 0.05) is 12.6 Å². The van der Waals surface area contributed by atoms with Crippen LogP contribution in [0.15, 0.2) is 11.9 Å². The average Bonchev–Trinajstić information content (AvgIpc) is 2.50. The lowest BCUT2D eigenvalue weighted by atomic mass is 10.1. The number of aryl methyl sites for hydroxylation is 1. The molecule has 1 aromatic heterocycles. The number of allylic oxidation sites excluding steroid dienone is 1. The second-order valence-electron chi connectivity index (χ2n) is 2.76. The molecule has 0 saturated heterocycles. The van der Waals surface area contributed by atoms with Crippen molar-refractivity contribution in [3.63, 3.8) is 0 Å². The molecule has 1 aromatic rings. The number of rotatable bonds is 1. The average molecular weight is 149 g/mol. The van der Waals surface area contributed by atoms with E-state index < -0.39 is 0 Å². The molecule has 0 fully saturated rings. The third-order valence-corrected chi connectivity index (χ3v) is 2.08. The number of aromatic nitrogens is 3. The number of nitrogens with zero attached hydrogens (tertiary/aromatic N) is 3. The van der Waals surface area contributed by atoms with Gasteiger partial charge < -0.3 is 0 Å². The van der Waals surface area contributed by atoms with E-state index in [0.717, 1.165) is 25.1 Å². The highest BCUT2D eigenvalue weighted by molar-refractivity contribution is 5.33. The molecule has 2 rings (SSSR count). The van der Waals surface area contributed by atoms with Gasteiger partial charge in [-0.25, -0.2) is 9.67 Å². The van der Waals surface area contributed by atoms with Gasteiger partial charge in [0.15, 0.2) is 0 Å². The highest BCUT2D eigenvalue weighted by atomic mass is 15.3. The predicted molar refractivity (Wildman–Crippen MR) is 42.9 cm³/mol. The predicted octanol–water partition coefficient (Wildman–Crippen LogP) is 1.48. The van der Waals surface area contributed by atoms with Crippen LogP contribution in [0.3, 0.4) is 0 Å².